The number of benzene rings is 1. The van der Waals surface area contributed by atoms with Crippen molar-refractivity contribution in [1.82, 2.24) is 0 Å². The maximum absolute atomic E-state index is 13.0. The zero-order chi connectivity index (χ0) is 15.0. The summed E-state index contributed by atoms with van der Waals surface area (Å²) in [5.41, 5.74) is 4.68. The first-order valence-corrected chi connectivity index (χ1v) is 8.68. The van der Waals surface area contributed by atoms with Gasteiger partial charge in [-0.2, -0.15) is 0 Å². The molecule has 1 aromatic carbocycles. The van der Waals surface area contributed by atoms with E-state index in [4.69, 9.17) is 0 Å². The van der Waals surface area contributed by atoms with E-state index in [9.17, 15) is 4.79 Å². The van der Waals surface area contributed by atoms with Crippen LogP contribution in [0.4, 0.5) is 0 Å². The highest BCUT2D eigenvalue weighted by atomic mass is 16.1. The Balaban J connectivity index is 1.78. The van der Waals surface area contributed by atoms with E-state index in [1.54, 1.807) is 0 Å². The first-order valence-electron chi connectivity index (χ1n) is 8.68. The molecule has 21 heavy (non-hydrogen) atoms. The Kier molecular flexibility index (Phi) is 4.19. The van der Waals surface area contributed by atoms with Gasteiger partial charge in [0, 0.05) is 11.5 Å². The zero-order valence-electron chi connectivity index (χ0n) is 13.7. The van der Waals surface area contributed by atoms with Crippen molar-refractivity contribution < 1.29 is 4.79 Å². The van der Waals surface area contributed by atoms with Crippen LogP contribution in [0.3, 0.4) is 0 Å². The van der Waals surface area contributed by atoms with Crippen molar-refractivity contribution in [2.45, 2.75) is 65.7 Å². The summed E-state index contributed by atoms with van der Waals surface area (Å²) in [5.74, 6) is 2.45. The molecule has 3 unspecified atom stereocenters. The number of aryl methyl sites for hydroxylation is 3. The van der Waals surface area contributed by atoms with E-state index in [-0.39, 0.29) is 5.92 Å². The fraction of sp³-hybridized carbons (Fsp3) is 0.650. The third kappa shape index (κ3) is 2.93. The van der Waals surface area contributed by atoms with Crippen molar-refractivity contribution in [2.75, 3.05) is 0 Å². The quantitative estimate of drug-likeness (QED) is 0.664. The maximum Gasteiger partial charge on any atom is 0.166 e. The number of carbonyl (C=O) groups excluding carboxylic acids is 1. The van der Waals surface area contributed by atoms with Gasteiger partial charge in [0.15, 0.2) is 5.78 Å². The molecule has 0 aliphatic heterocycles. The molecule has 2 saturated carbocycles. The number of rotatable bonds is 2. The highest BCUT2D eigenvalue weighted by molar-refractivity contribution is 5.99. The Labute approximate surface area is 129 Å². The molecular weight excluding hydrogens is 256 g/mol. The molecule has 0 saturated heterocycles. The van der Waals surface area contributed by atoms with Gasteiger partial charge in [-0.05, 0) is 74.6 Å². The number of Topliss-reactive ketones (excluding diaryl/α,β-unsaturated/α-hetero) is 1. The molecule has 0 N–H and O–H groups in total. The van der Waals surface area contributed by atoms with Crippen molar-refractivity contribution in [3.63, 3.8) is 0 Å². The summed E-state index contributed by atoms with van der Waals surface area (Å²) >= 11 is 0. The van der Waals surface area contributed by atoms with Crippen molar-refractivity contribution in [2.24, 2.45) is 17.8 Å². The Bertz CT molecular complexity index is 543. The molecule has 2 fully saturated rings. The normalized spacial score (nSPS) is 29.0. The standard InChI is InChI=1S/C20H28O/c1-13-10-15(3)19(11-14(13)2)20(21)18-9-8-16-6-4-5-7-17(16)12-18/h10-11,16-18H,4-9,12H2,1-3H3. The Hall–Kier alpha value is -1.11. The third-order valence-corrected chi connectivity index (χ3v) is 6.02. The number of fused-ring (bicyclic) bond motifs is 1. The smallest absolute Gasteiger partial charge is 0.166 e. The molecule has 1 nitrogen and oxygen atoms in total. The van der Waals surface area contributed by atoms with E-state index in [0.717, 1.165) is 35.8 Å². The van der Waals surface area contributed by atoms with Crippen LogP contribution in [0.2, 0.25) is 0 Å². The molecule has 0 amide bonds. The van der Waals surface area contributed by atoms with Gasteiger partial charge in [-0.25, -0.2) is 0 Å². The van der Waals surface area contributed by atoms with Crippen molar-refractivity contribution >= 4 is 5.78 Å². The minimum Gasteiger partial charge on any atom is -0.294 e. The predicted octanol–water partition coefficient (Wildman–Crippen LogP) is 5.40. The van der Waals surface area contributed by atoms with E-state index in [1.807, 2.05) is 0 Å². The summed E-state index contributed by atoms with van der Waals surface area (Å²) in [6.07, 6.45) is 9.11. The summed E-state index contributed by atoms with van der Waals surface area (Å²) < 4.78 is 0. The number of hydrogen-bond acceptors (Lipinski definition) is 1. The number of ketones is 1. The van der Waals surface area contributed by atoms with Crippen LogP contribution < -0.4 is 0 Å². The molecule has 0 heterocycles. The molecule has 0 bridgehead atoms. The van der Waals surface area contributed by atoms with Gasteiger partial charge < -0.3 is 0 Å². The third-order valence-electron chi connectivity index (χ3n) is 6.02. The summed E-state index contributed by atoms with van der Waals surface area (Å²) in [5, 5.41) is 0. The number of hydrogen-bond donors (Lipinski definition) is 0. The molecule has 1 aromatic rings. The van der Waals surface area contributed by atoms with E-state index in [1.165, 1.54) is 43.2 Å². The van der Waals surface area contributed by atoms with Gasteiger partial charge in [-0.3, -0.25) is 4.79 Å². The minimum atomic E-state index is 0.283. The topological polar surface area (TPSA) is 17.1 Å². The largest absolute Gasteiger partial charge is 0.294 e. The van der Waals surface area contributed by atoms with Crippen LogP contribution in [0.25, 0.3) is 0 Å². The highest BCUT2D eigenvalue weighted by Crippen LogP contribution is 2.43. The molecular formula is C20H28O. The monoisotopic (exact) mass is 284 g/mol. The Morgan fingerprint density at radius 1 is 0.857 bits per heavy atom. The van der Waals surface area contributed by atoms with Crippen LogP contribution >= 0.6 is 0 Å². The Morgan fingerprint density at radius 2 is 1.52 bits per heavy atom. The summed E-state index contributed by atoms with van der Waals surface area (Å²) in [6.45, 7) is 6.33. The second-order valence-corrected chi connectivity index (χ2v) is 7.43. The Morgan fingerprint density at radius 3 is 2.29 bits per heavy atom. The average molecular weight is 284 g/mol. The lowest BCUT2D eigenvalue weighted by molar-refractivity contribution is 0.0762. The zero-order valence-corrected chi connectivity index (χ0v) is 13.7. The van der Waals surface area contributed by atoms with E-state index in [0.29, 0.717) is 5.78 Å². The van der Waals surface area contributed by atoms with Crippen molar-refractivity contribution in [3.8, 4) is 0 Å². The summed E-state index contributed by atoms with van der Waals surface area (Å²) in [7, 11) is 0. The molecule has 114 valence electrons. The molecule has 0 radical (unpaired) electrons. The molecule has 0 spiro atoms. The van der Waals surface area contributed by atoms with E-state index < -0.39 is 0 Å². The summed E-state index contributed by atoms with van der Waals surface area (Å²) in [4.78, 5) is 13.0. The van der Waals surface area contributed by atoms with Crippen molar-refractivity contribution in [1.29, 1.82) is 0 Å². The fourth-order valence-corrected chi connectivity index (χ4v) is 4.56. The van der Waals surface area contributed by atoms with Gasteiger partial charge in [-0.15, -0.1) is 0 Å². The highest BCUT2D eigenvalue weighted by Gasteiger charge is 2.35. The lowest BCUT2D eigenvalue weighted by Gasteiger charge is -2.39. The van der Waals surface area contributed by atoms with Crippen LogP contribution in [0.5, 0.6) is 0 Å². The maximum atomic E-state index is 13.0. The second-order valence-electron chi connectivity index (χ2n) is 7.43. The van der Waals surface area contributed by atoms with Crippen molar-refractivity contribution in [3.05, 3.63) is 34.4 Å². The van der Waals surface area contributed by atoms with Gasteiger partial charge in [0.1, 0.15) is 0 Å². The van der Waals surface area contributed by atoms with Gasteiger partial charge in [0.25, 0.3) is 0 Å². The number of carbonyl (C=O) groups is 1. The summed E-state index contributed by atoms with van der Waals surface area (Å²) in [6, 6.07) is 4.30. The van der Waals surface area contributed by atoms with Crippen LogP contribution in [-0.4, -0.2) is 5.78 Å². The molecule has 3 atom stereocenters. The predicted molar refractivity (Wildman–Crippen MR) is 87.8 cm³/mol. The van der Waals surface area contributed by atoms with Crippen LogP contribution in [0.1, 0.15) is 72.0 Å². The molecule has 1 heteroatoms. The molecule has 2 aliphatic carbocycles. The van der Waals surface area contributed by atoms with Gasteiger partial charge in [-0.1, -0.05) is 31.7 Å². The van der Waals surface area contributed by atoms with Crippen LogP contribution in [0, 0.1) is 38.5 Å². The fourth-order valence-electron chi connectivity index (χ4n) is 4.56. The van der Waals surface area contributed by atoms with E-state index >= 15 is 0 Å². The van der Waals surface area contributed by atoms with Crippen LogP contribution in [-0.2, 0) is 0 Å². The van der Waals surface area contributed by atoms with Gasteiger partial charge in [0.2, 0.25) is 0 Å². The minimum absolute atomic E-state index is 0.283. The molecule has 0 aromatic heterocycles. The second kappa shape index (κ2) is 5.94. The van der Waals surface area contributed by atoms with Gasteiger partial charge in [0.05, 0.1) is 0 Å². The molecule has 2 aliphatic rings. The average Bonchev–Trinajstić information content (AvgIpc) is 2.50. The van der Waals surface area contributed by atoms with Gasteiger partial charge >= 0.3 is 0 Å². The lowest BCUT2D eigenvalue weighted by Crippen LogP contribution is -2.31. The SMILES string of the molecule is Cc1cc(C)c(C(=O)C2CCC3CCCCC3C2)cc1C. The molecule has 3 rings (SSSR count). The lowest BCUT2D eigenvalue weighted by atomic mass is 9.66. The first kappa shape index (κ1) is 14.8. The van der Waals surface area contributed by atoms with E-state index in [2.05, 4.69) is 32.9 Å². The van der Waals surface area contributed by atoms with Crippen LogP contribution in [0.15, 0.2) is 12.1 Å². The first-order chi connectivity index (χ1) is 10.1.